The number of fused-ring (bicyclic) bond motifs is 2. The van der Waals surface area contributed by atoms with Crippen LogP contribution in [0.15, 0.2) is 65.3 Å². The SMILES string of the molecule is C[C@H](C(=O)NC(Cc1coc2ccccc12)B1OC2C[C@@H](C(C)(C)C)CC[C@]2(C)O1)c1ccccc1. The smallest absolute Gasteiger partial charge is 0.464 e. The monoisotopic (exact) mass is 487 g/mol. The molecule has 5 nitrogen and oxygen atoms in total. The van der Waals surface area contributed by atoms with Gasteiger partial charge in [-0.25, -0.2) is 0 Å². The van der Waals surface area contributed by atoms with Gasteiger partial charge in [0.2, 0.25) is 5.91 Å². The maximum absolute atomic E-state index is 13.4. The topological polar surface area (TPSA) is 60.7 Å². The Kier molecular flexibility index (Phi) is 6.77. The summed E-state index contributed by atoms with van der Waals surface area (Å²) >= 11 is 0. The Morgan fingerprint density at radius 3 is 2.61 bits per heavy atom. The van der Waals surface area contributed by atoms with E-state index >= 15 is 0 Å². The maximum Gasteiger partial charge on any atom is 0.482 e. The molecule has 2 aromatic carbocycles. The predicted molar refractivity (Wildman–Crippen MR) is 144 cm³/mol. The number of rotatable bonds is 6. The van der Waals surface area contributed by atoms with Crippen LogP contribution < -0.4 is 5.32 Å². The molecule has 2 unspecified atom stereocenters. The largest absolute Gasteiger partial charge is 0.482 e. The lowest BCUT2D eigenvalue weighted by atomic mass is 9.67. The molecule has 5 rings (SSSR count). The molecule has 0 bridgehead atoms. The van der Waals surface area contributed by atoms with Crippen molar-refractivity contribution >= 4 is 24.0 Å². The van der Waals surface area contributed by atoms with Gasteiger partial charge >= 0.3 is 7.12 Å². The van der Waals surface area contributed by atoms with E-state index in [4.69, 9.17) is 13.7 Å². The first-order chi connectivity index (χ1) is 17.1. The van der Waals surface area contributed by atoms with Gasteiger partial charge in [-0.1, -0.05) is 69.3 Å². The molecule has 1 N–H and O–H groups in total. The lowest BCUT2D eigenvalue weighted by molar-refractivity contribution is -0.122. The molecule has 1 saturated carbocycles. The number of carbonyl (C=O) groups excluding carboxylic acids is 1. The summed E-state index contributed by atoms with van der Waals surface area (Å²) in [5.41, 5.74) is 2.78. The molecule has 1 amide bonds. The molecular formula is C30H38BNO4. The lowest BCUT2D eigenvalue weighted by Crippen LogP contribution is -2.50. The number of furan rings is 1. The predicted octanol–water partition coefficient (Wildman–Crippen LogP) is 6.31. The normalized spacial score (nSPS) is 26.0. The van der Waals surface area contributed by atoms with E-state index in [1.165, 1.54) is 0 Å². The van der Waals surface area contributed by atoms with Crippen LogP contribution in [0.2, 0.25) is 0 Å². The van der Waals surface area contributed by atoms with Crippen molar-refractivity contribution in [1.82, 2.24) is 5.32 Å². The number of para-hydroxylation sites is 1. The average Bonchev–Trinajstić information content (AvgIpc) is 3.43. The number of nitrogens with one attached hydrogen (secondary N) is 1. The summed E-state index contributed by atoms with van der Waals surface area (Å²) in [4.78, 5) is 13.4. The van der Waals surface area contributed by atoms with E-state index in [0.29, 0.717) is 12.3 Å². The molecule has 1 aliphatic heterocycles. The zero-order chi connectivity index (χ0) is 25.5. The van der Waals surface area contributed by atoms with Crippen LogP contribution >= 0.6 is 0 Å². The van der Waals surface area contributed by atoms with Crippen molar-refractivity contribution in [2.45, 2.75) is 83.9 Å². The summed E-state index contributed by atoms with van der Waals surface area (Å²) in [6.07, 6.45) is 5.45. The van der Waals surface area contributed by atoms with Crippen molar-refractivity contribution in [3.8, 4) is 0 Å². The number of benzene rings is 2. The zero-order valence-electron chi connectivity index (χ0n) is 22.1. The Labute approximate surface area is 215 Å². The summed E-state index contributed by atoms with van der Waals surface area (Å²) in [5.74, 6) is -0.0554. The Hall–Kier alpha value is -2.57. The summed E-state index contributed by atoms with van der Waals surface area (Å²) in [7, 11) is -0.515. The molecule has 6 heteroatoms. The Morgan fingerprint density at radius 1 is 1.14 bits per heavy atom. The van der Waals surface area contributed by atoms with E-state index < -0.39 is 7.12 Å². The minimum Gasteiger partial charge on any atom is -0.464 e. The third kappa shape index (κ3) is 4.98. The third-order valence-corrected chi connectivity index (χ3v) is 8.43. The van der Waals surface area contributed by atoms with Gasteiger partial charge in [-0.3, -0.25) is 4.79 Å². The molecule has 2 fully saturated rings. The number of amides is 1. The first kappa shape index (κ1) is 25.1. The number of hydrogen-bond donors (Lipinski definition) is 1. The molecule has 3 aromatic rings. The molecular weight excluding hydrogens is 449 g/mol. The van der Waals surface area contributed by atoms with Gasteiger partial charge < -0.3 is 19.0 Å². The van der Waals surface area contributed by atoms with Crippen LogP contribution in [0.25, 0.3) is 11.0 Å². The summed E-state index contributed by atoms with van der Waals surface area (Å²) in [5, 5.41) is 4.36. The van der Waals surface area contributed by atoms with Crippen molar-refractivity contribution in [1.29, 1.82) is 0 Å². The van der Waals surface area contributed by atoms with Gasteiger partial charge in [0.1, 0.15) is 5.58 Å². The first-order valence-electron chi connectivity index (χ1n) is 13.3. The summed E-state index contributed by atoms with van der Waals surface area (Å²) in [6.45, 7) is 11.1. The van der Waals surface area contributed by atoms with Gasteiger partial charge in [-0.15, -0.1) is 0 Å². The zero-order valence-corrected chi connectivity index (χ0v) is 22.1. The second-order valence-electron chi connectivity index (χ2n) is 12.0. The van der Waals surface area contributed by atoms with E-state index in [0.717, 1.165) is 41.4 Å². The van der Waals surface area contributed by atoms with Crippen LogP contribution in [0.5, 0.6) is 0 Å². The highest BCUT2D eigenvalue weighted by molar-refractivity contribution is 6.48. The molecule has 0 spiro atoms. The van der Waals surface area contributed by atoms with Crippen LogP contribution in [0.4, 0.5) is 0 Å². The lowest BCUT2D eigenvalue weighted by Gasteiger charge is -2.43. The van der Waals surface area contributed by atoms with E-state index in [1.54, 1.807) is 6.26 Å². The first-order valence-corrected chi connectivity index (χ1v) is 13.3. The molecule has 2 aliphatic rings. The van der Waals surface area contributed by atoms with Crippen molar-refractivity contribution in [2.75, 3.05) is 0 Å². The highest BCUT2D eigenvalue weighted by atomic mass is 16.7. The highest BCUT2D eigenvalue weighted by Crippen LogP contribution is 2.47. The van der Waals surface area contributed by atoms with E-state index in [9.17, 15) is 4.79 Å². The quantitative estimate of drug-likeness (QED) is 0.414. The number of hydrogen-bond acceptors (Lipinski definition) is 4. The molecule has 1 aromatic heterocycles. The van der Waals surface area contributed by atoms with Crippen LogP contribution in [0.1, 0.15) is 70.9 Å². The second kappa shape index (κ2) is 9.72. The van der Waals surface area contributed by atoms with Crippen molar-refractivity contribution < 1.29 is 18.5 Å². The Balaban J connectivity index is 1.39. The van der Waals surface area contributed by atoms with Gasteiger partial charge in [0.05, 0.1) is 29.8 Å². The molecule has 0 radical (unpaired) electrons. The van der Waals surface area contributed by atoms with Gasteiger partial charge in [0, 0.05) is 5.39 Å². The minimum absolute atomic E-state index is 0.0208. The van der Waals surface area contributed by atoms with E-state index in [2.05, 4.69) is 39.1 Å². The minimum atomic E-state index is -0.515. The van der Waals surface area contributed by atoms with Crippen LogP contribution in [0, 0.1) is 11.3 Å². The maximum atomic E-state index is 13.4. The van der Waals surface area contributed by atoms with Gasteiger partial charge in [0.25, 0.3) is 0 Å². The van der Waals surface area contributed by atoms with Gasteiger partial charge in [0.15, 0.2) is 0 Å². The van der Waals surface area contributed by atoms with Gasteiger partial charge in [-0.05, 0) is 68.1 Å². The van der Waals surface area contributed by atoms with Crippen LogP contribution in [-0.2, 0) is 20.5 Å². The fourth-order valence-corrected chi connectivity index (χ4v) is 5.84. The van der Waals surface area contributed by atoms with Crippen molar-refractivity contribution in [3.63, 3.8) is 0 Å². The molecule has 1 aliphatic carbocycles. The summed E-state index contributed by atoms with van der Waals surface area (Å²) < 4.78 is 19.1. The standard InChI is InChI=1S/C30H38BNO4/c1-20(21-11-7-6-8-12-21)28(33)32-27(17-22-19-34-25-14-10-9-13-24(22)25)31-35-26-18-23(29(2,3)4)15-16-30(26,5)36-31/h6-14,19-20,23,26-27H,15-18H2,1-5H3,(H,32,33)/t20-,23-,26?,27?,30-/m0/s1. The summed E-state index contributed by atoms with van der Waals surface area (Å²) in [6, 6.07) is 17.9. The second-order valence-corrected chi connectivity index (χ2v) is 12.0. The number of carbonyl (C=O) groups is 1. The van der Waals surface area contributed by atoms with E-state index in [1.807, 2.05) is 55.5 Å². The van der Waals surface area contributed by atoms with Crippen LogP contribution in [-0.4, -0.2) is 30.7 Å². The molecule has 5 atom stereocenters. The molecule has 36 heavy (non-hydrogen) atoms. The average molecular weight is 487 g/mol. The third-order valence-electron chi connectivity index (χ3n) is 8.43. The van der Waals surface area contributed by atoms with Crippen LogP contribution in [0.3, 0.4) is 0 Å². The van der Waals surface area contributed by atoms with E-state index in [-0.39, 0.29) is 34.9 Å². The highest BCUT2D eigenvalue weighted by Gasteiger charge is 2.55. The molecule has 1 saturated heterocycles. The Bertz CT molecular complexity index is 1200. The van der Waals surface area contributed by atoms with Gasteiger partial charge in [-0.2, -0.15) is 0 Å². The fraction of sp³-hybridized carbons (Fsp3) is 0.500. The van der Waals surface area contributed by atoms with Crippen molar-refractivity contribution in [3.05, 3.63) is 72.0 Å². The molecule has 2 heterocycles. The molecule has 190 valence electrons. The Morgan fingerprint density at radius 2 is 1.86 bits per heavy atom. The van der Waals surface area contributed by atoms with Crippen molar-refractivity contribution in [2.24, 2.45) is 11.3 Å². The fourth-order valence-electron chi connectivity index (χ4n) is 5.84.